The third kappa shape index (κ3) is 2.67. The predicted octanol–water partition coefficient (Wildman–Crippen LogP) is 3.59. The maximum atomic E-state index is 13.0. The molecular formula is C14H12BrCl2N5O. The van der Waals surface area contributed by atoms with E-state index < -0.39 is 6.04 Å². The van der Waals surface area contributed by atoms with Gasteiger partial charge in [0.1, 0.15) is 5.82 Å². The minimum Gasteiger partial charge on any atom is -0.321 e. The molecule has 0 saturated heterocycles. The molecule has 0 aliphatic rings. The van der Waals surface area contributed by atoms with Crippen LogP contribution in [0.25, 0.3) is 16.7 Å². The number of benzene rings is 1. The van der Waals surface area contributed by atoms with Crippen LogP contribution in [0.3, 0.4) is 0 Å². The molecule has 0 bridgehead atoms. The van der Waals surface area contributed by atoms with Gasteiger partial charge in [0.2, 0.25) is 0 Å². The van der Waals surface area contributed by atoms with Gasteiger partial charge in [-0.15, -0.1) is 0 Å². The molecule has 0 unspecified atom stereocenters. The van der Waals surface area contributed by atoms with E-state index in [4.69, 9.17) is 28.9 Å². The number of aromatic amines is 1. The SMILES string of the molecule is CC[C@H](N)c1nc2c(Cl)ccc(Cl)c2c(=O)n1-c1[nH]ncc1Br. The van der Waals surface area contributed by atoms with E-state index in [1.54, 1.807) is 18.3 Å². The maximum Gasteiger partial charge on any atom is 0.268 e. The van der Waals surface area contributed by atoms with Crippen molar-refractivity contribution >= 4 is 50.0 Å². The molecule has 120 valence electrons. The molecule has 0 spiro atoms. The summed E-state index contributed by atoms with van der Waals surface area (Å²) in [4.78, 5) is 17.6. The lowest BCUT2D eigenvalue weighted by molar-refractivity contribution is 0.618. The van der Waals surface area contributed by atoms with Crippen LogP contribution in [0.15, 0.2) is 27.6 Å². The van der Waals surface area contributed by atoms with Crippen molar-refractivity contribution in [1.82, 2.24) is 19.7 Å². The van der Waals surface area contributed by atoms with Crippen molar-refractivity contribution in [2.24, 2.45) is 5.73 Å². The van der Waals surface area contributed by atoms with Gasteiger partial charge in [-0.25, -0.2) is 9.55 Å². The van der Waals surface area contributed by atoms with Crippen LogP contribution < -0.4 is 11.3 Å². The molecule has 0 aliphatic heterocycles. The van der Waals surface area contributed by atoms with E-state index in [1.807, 2.05) is 6.92 Å². The van der Waals surface area contributed by atoms with Crippen LogP contribution in [0.5, 0.6) is 0 Å². The molecular weight excluding hydrogens is 405 g/mol. The molecule has 3 N–H and O–H groups in total. The topological polar surface area (TPSA) is 89.6 Å². The Hall–Kier alpha value is -1.41. The standard InChI is InChI=1S/C14H12BrCl2N5O/c1-2-9(18)13-20-11-8(17)4-3-7(16)10(11)14(23)22(13)12-6(15)5-19-21-12/h3-5,9H,2,18H2,1H3,(H,19,21)/t9-/m0/s1. The molecule has 1 aromatic carbocycles. The van der Waals surface area contributed by atoms with E-state index in [0.717, 1.165) is 0 Å². The number of aromatic nitrogens is 4. The van der Waals surface area contributed by atoms with Crippen LogP contribution in [-0.2, 0) is 0 Å². The summed E-state index contributed by atoms with van der Waals surface area (Å²) in [6.07, 6.45) is 2.15. The molecule has 0 aliphatic carbocycles. The first kappa shape index (κ1) is 16.4. The summed E-state index contributed by atoms with van der Waals surface area (Å²) in [5, 5.41) is 7.57. The summed E-state index contributed by atoms with van der Waals surface area (Å²) in [5.41, 5.74) is 6.14. The fraction of sp³-hybridized carbons (Fsp3) is 0.214. The Morgan fingerprint density at radius 1 is 1.39 bits per heavy atom. The van der Waals surface area contributed by atoms with E-state index >= 15 is 0 Å². The zero-order valence-electron chi connectivity index (χ0n) is 12.0. The molecule has 0 amide bonds. The van der Waals surface area contributed by atoms with Gasteiger partial charge in [-0.05, 0) is 34.5 Å². The number of fused-ring (bicyclic) bond motifs is 1. The fourth-order valence-corrected chi connectivity index (χ4v) is 3.10. The zero-order chi connectivity index (χ0) is 16.7. The fourth-order valence-electron chi connectivity index (χ4n) is 2.30. The molecule has 3 aromatic rings. The number of nitrogens with zero attached hydrogens (tertiary/aromatic N) is 3. The molecule has 9 heteroatoms. The van der Waals surface area contributed by atoms with Crippen LogP contribution in [0.1, 0.15) is 25.2 Å². The van der Waals surface area contributed by atoms with Crippen molar-refractivity contribution in [3.63, 3.8) is 0 Å². The molecule has 23 heavy (non-hydrogen) atoms. The van der Waals surface area contributed by atoms with Gasteiger partial charge in [0.15, 0.2) is 5.82 Å². The van der Waals surface area contributed by atoms with Crippen molar-refractivity contribution in [1.29, 1.82) is 0 Å². The lowest BCUT2D eigenvalue weighted by atomic mass is 10.2. The summed E-state index contributed by atoms with van der Waals surface area (Å²) in [6.45, 7) is 1.91. The van der Waals surface area contributed by atoms with Crippen LogP contribution >= 0.6 is 39.1 Å². The van der Waals surface area contributed by atoms with Gasteiger partial charge in [0, 0.05) is 0 Å². The predicted molar refractivity (Wildman–Crippen MR) is 94.4 cm³/mol. The Kier molecular flexibility index (Phi) is 4.46. The maximum absolute atomic E-state index is 13.0. The Morgan fingerprint density at radius 3 is 2.70 bits per heavy atom. The van der Waals surface area contributed by atoms with E-state index in [9.17, 15) is 4.79 Å². The van der Waals surface area contributed by atoms with Gasteiger partial charge in [0.05, 0.1) is 37.7 Å². The molecule has 0 radical (unpaired) electrons. The highest BCUT2D eigenvalue weighted by atomic mass is 79.9. The average molecular weight is 417 g/mol. The largest absolute Gasteiger partial charge is 0.321 e. The minimum atomic E-state index is -0.447. The normalized spacial score (nSPS) is 12.7. The molecule has 2 heterocycles. The molecule has 6 nitrogen and oxygen atoms in total. The van der Waals surface area contributed by atoms with E-state index in [2.05, 4.69) is 31.1 Å². The highest BCUT2D eigenvalue weighted by Gasteiger charge is 2.22. The summed E-state index contributed by atoms with van der Waals surface area (Å²) < 4.78 is 2.00. The van der Waals surface area contributed by atoms with Crippen LogP contribution in [0.2, 0.25) is 10.0 Å². The Morgan fingerprint density at radius 2 is 2.09 bits per heavy atom. The summed E-state index contributed by atoms with van der Waals surface area (Å²) in [6, 6.07) is 2.73. The van der Waals surface area contributed by atoms with Gasteiger partial charge < -0.3 is 5.73 Å². The summed E-state index contributed by atoms with van der Waals surface area (Å²) in [5.74, 6) is 0.832. The first-order valence-electron chi connectivity index (χ1n) is 6.81. The molecule has 0 saturated carbocycles. The molecule has 3 rings (SSSR count). The van der Waals surface area contributed by atoms with E-state index in [-0.39, 0.29) is 16.0 Å². The van der Waals surface area contributed by atoms with E-state index in [0.29, 0.717) is 33.1 Å². The second-order valence-electron chi connectivity index (χ2n) is 4.94. The highest BCUT2D eigenvalue weighted by molar-refractivity contribution is 9.10. The number of hydrogen-bond acceptors (Lipinski definition) is 4. The molecule has 1 atom stereocenters. The van der Waals surface area contributed by atoms with Crippen molar-refractivity contribution < 1.29 is 0 Å². The summed E-state index contributed by atoms with van der Waals surface area (Å²) >= 11 is 15.7. The number of H-pyrrole nitrogens is 1. The third-order valence-electron chi connectivity index (χ3n) is 3.52. The third-order valence-corrected chi connectivity index (χ3v) is 4.72. The van der Waals surface area contributed by atoms with E-state index in [1.165, 1.54) is 4.57 Å². The zero-order valence-corrected chi connectivity index (χ0v) is 15.1. The molecule has 0 fully saturated rings. The average Bonchev–Trinajstić information content (AvgIpc) is 2.95. The lowest BCUT2D eigenvalue weighted by Crippen LogP contribution is -2.29. The van der Waals surface area contributed by atoms with Gasteiger partial charge in [-0.3, -0.25) is 9.89 Å². The summed E-state index contributed by atoms with van der Waals surface area (Å²) in [7, 11) is 0. The van der Waals surface area contributed by atoms with Crippen LogP contribution in [0.4, 0.5) is 0 Å². The first-order valence-corrected chi connectivity index (χ1v) is 8.36. The highest BCUT2D eigenvalue weighted by Crippen LogP contribution is 2.29. The Balaban J connectivity index is 2.51. The Bertz CT molecular complexity index is 952. The van der Waals surface area contributed by atoms with Crippen LogP contribution in [-0.4, -0.2) is 19.7 Å². The van der Waals surface area contributed by atoms with Crippen molar-refractivity contribution in [3.05, 3.63) is 49.0 Å². The Labute approximate surface area is 149 Å². The van der Waals surface area contributed by atoms with Gasteiger partial charge >= 0.3 is 0 Å². The van der Waals surface area contributed by atoms with Gasteiger partial charge in [-0.2, -0.15) is 5.10 Å². The first-order chi connectivity index (χ1) is 11.0. The van der Waals surface area contributed by atoms with Gasteiger partial charge in [-0.1, -0.05) is 30.1 Å². The van der Waals surface area contributed by atoms with Gasteiger partial charge in [0.25, 0.3) is 5.56 Å². The molecule has 2 aromatic heterocycles. The minimum absolute atomic E-state index is 0.243. The smallest absolute Gasteiger partial charge is 0.268 e. The second kappa shape index (κ2) is 6.24. The van der Waals surface area contributed by atoms with Crippen molar-refractivity contribution in [2.45, 2.75) is 19.4 Å². The number of hydrogen-bond donors (Lipinski definition) is 2. The number of nitrogens with two attached hydrogens (primary N) is 1. The van der Waals surface area contributed by atoms with Crippen molar-refractivity contribution in [2.75, 3.05) is 0 Å². The lowest BCUT2D eigenvalue weighted by Gasteiger charge is -2.17. The second-order valence-corrected chi connectivity index (χ2v) is 6.61. The number of nitrogens with one attached hydrogen (secondary N) is 1. The monoisotopic (exact) mass is 415 g/mol. The van der Waals surface area contributed by atoms with Crippen LogP contribution in [0, 0.1) is 0 Å². The van der Waals surface area contributed by atoms with Crippen molar-refractivity contribution in [3.8, 4) is 5.82 Å². The number of halogens is 3. The quantitative estimate of drug-likeness (QED) is 0.682. The number of rotatable bonds is 3.